The molecular weight excluding hydrogens is 318 g/mol. The quantitative estimate of drug-likeness (QED) is 0.359. The second-order valence-electron chi connectivity index (χ2n) is 9.26. The van der Waals surface area contributed by atoms with Crippen LogP contribution in [0.2, 0.25) is 0 Å². The largest absolute Gasteiger partial charge is 0.378 e. The molecule has 2 nitrogen and oxygen atoms in total. The van der Waals surface area contributed by atoms with Crippen LogP contribution in [-0.2, 0) is 4.74 Å². The molecule has 0 saturated heterocycles. The number of ether oxygens (including phenoxy) is 1. The van der Waals surface area contributed by atoms with E-state index in [1.807, 2.05) is 0 Å². The van der Waals surface area contributed by atoms with Gasteiger partial charge < -0.3 is 4.74 Å². The molecule has 150 valence electrons. The fraction of sp³-hybridized carbons (Fsp3) is 0.958. The average Bonchev–Trinajstić information content (AvgIpc) is 2.68. The molecule has 2 rings (SSSR count). The predicted octanol–water partition coefficient (Wildman–Crippen LogP) is 7.42. The van der Waals surface area contributed by atoms with E-state index in [4.69, 9.17) is 4.74 Å². The molecule has 0 amide bonds. The van der Waals surface area contributed by atoms with Crippen LogP contribution in [0.4, 0.5) is 0 Å². The van der Waals surface area contributed by atoms with Gasteiger partial charge in [0.15, 0.2) is 0 Å². The molecule has 0 unspecified atom stereocenters. The summed E-state index contributed by atoms with van der Waals surface area (Å²) in [6, 6.07) is 2.62. The van der Waals surface area contributed by atoms with E-state index in [0.29, 0.717) is 6.10 Å². The molecule has 2 aliphatic carbocycles. The van der Waals surface area contributed by atoms with Gasteiger partial charge in [-0.1, -0.05) is 71.6 Å². The molecule has 0 aromatic carbocycles. The number of hydrogen-bond acceptors (Lipinski definition) is 2. The van der Waals surface area contributed by atoms with E-state index in [2.05, 4.69) is 19.9 Å². The van der Waals surface area contributed by atoms with E-state index < -0.39 is 0 Å². The van der Waals surface area contributed by atoms with Crippen molar-refractivity contribution in [1.82, 2.24) is 0 Å². The van der Waals surface area contributed by atoms with E-state index >= 15 is 0 Å². The Morgan fingerprint density at radius 3 is 2.12 bits per heavy atom. The zero-order valence-corrected chi connectivity index (χ0v) is 17.6. The Balaban J connectivity index is 1.55. The number of rotatable bonds is 11. The molecule has 0 atom stereocenters. The number of unbranched alkanes of at least 4 members (excludes halogenated alkanes) is 4. The van der Waals surface area contributed by atoms with E-state index in [9.17, 15) is 5.26 Å². The third-order valence-corrected chi connectivity index (χ3v) is 7.11. The fourth-order valence-electron chi connectivity index (χ4n) is 5.20. The second-order valence-corrected chi connectivity index (χ2v) is 9.26. The molecule has 2 saturated carbocycles. The Morgan fingerprint density at radius 1 is 0.846 bits per heavy atom. The summed E-state index contributed by atoms with van der Waals surface area (Å²) in [6.45, 7) is 5.46. The van der Waals surface area contributed by atoms with Gasteiger partial charge in [-0.15, -0.1) is 0 Å². The summed E-state index contributed by atoms with van der Waals surface area (Å²) in [6.07, 6.45) is 21.1. The molecule has 0 spiro atoms. The standard InChI is InChI=1S/C24H43NO/c1-3-5-6-7-8-9-21-10-12-22(13-11-21)19-26-23-14-17-24(20-25,16-4-2)18-15-23/h21-23H,3-19H2,1-2H3. The van der Waals surface area contributed by atoms with E-state index in [1.54, 1.807) is 0 Å². The van der Waals surface area contributed by atoms with Crippen molar-refractivity contribution in [2.75, 3.05) is 6.61 Å². The highest BCUT2D eigenvalue weighted by Crippen LogP contribution is 2.41. The maximum absolute atomic E-state index is 9.53. The summed E-state index contributed by atoms with van der Waals surface area (Å²) in [5, 5.41) is 9.53. The Hall–Kier alpha value is -0.550. The Morgan fingerprint density at radius 2 is 1.50 bits per heavy atom. The molecule has 26 heavy (non-hydrogen) atoms. The first-order valence-electron chi connectivity index (χ1n) is 11.7. The maximum Gasteiger partial charge on any atom is 0.0689 e. The van der Waals surface area contributed by atoms with Crippen LogP contribution in [0, 0.1) is 28.6 Å². The summed E-state index contributed by atoms with van der Waals surface area (Å²) in [5.74, 6) is 1.79. The van der Waals surface area contributed by atoms with Crippen LogP contribution in [0.15, 0.2) is 0 Å². The van der Waals surface area contributed by atoms with Crippen molar-refractivity contribution in [2.45, 2.75) is 123 Å². The van der Waals surface area contributed by atoms with Crippen LogP contribution in [-0.4, -0.2) is 12.7 Å². The zero-order valence-electron chi connectivity index (χ0n) is 17.6. The number of nitrogens with zero attached hydrogens (tertiary/aromatic N) is 1. The van der Waals surface area contributed by atoms with E-state index in [1.165, 1.54) is 64.2 Å². The molecule has 0 N–H and O–H groups in total. The first-order chi connectivity index (χ1) is 12.7. The van der Waals surface area contributed by atoms with Gasteiger partial charge in [-0.05, 0) is 56.8 Å². The molecular formula is C24H43NO. The van der Waals surface area contributed by atoms with Crippen molar-refractivity contribution in [2.24, 2.45) is 17.3 Å². The minimum Gasteiger partial charge on any atom is -0.378 e. The molecule has 0 bridgehead atoms. The second kappa shape index (κ2) is 12.0. The number of hydrogen-bond donors (Lipinski definition) is 0. The molecule has 0 aromatic rings. The molecule has 0 aromatic heterocycles. The smallest absolute Gasteiger partial charge is 0.0689 e. The lowest BCUT2D eigenvalue weighted by Crippen LogP contribution is -2.31. The lowest BCUT2D eigenvalue weighted by Gasteiger charge is -2.36. The highest BCUT2D eigenvalue weighted by Gasteiger charge is 2.35. The summed E-state index contributed by atoms with van der Waals surface area (Å²) >= 11 is 0. The molecule has 0 heterocycles. The highest BCUT2D eigenvalue weighted by atomic mass is 16.5. The summed E-state index contributed by atoms with van der Waals surface area (Å²) in [4.78, 5) is 0. The van der Waals surface area contributed by atoms with Crippen molar-refractivity contribution in [1.29, 1.82) is 5.26 Å². The van der Waals surface area contributed by atoms with Crippen LogP contribution in [0.25, 0.3) is 0 Å². The molecule has 2 aliphatic rings. The van der Waals surface area contributed by atoms with Gasteiger partial charge in [-0.25, -0.2) is 0 Å². The fourth-order valence-corrected chi connectivity index (χ4v) is 5.20. The van der Waals surface area contributed by atoms with E-state index in [-0.39, 0.29) is 5.41 Å². The van der Waals surface area contributed by atoms with Crippen molar-refractivity contribution < 1.29 is 4.74 Å². The topological polar surface area (TPSA) is 33.0 Å². The molecule has 2 fully saturated rings. The monoisotopic (exact) mass is 361 g/mol. The van der Waals surface area contributed by atoms with Gasteiger partial charge in [0.25, 0.3) is 0 Å². The van der Waals surface area contributed by atoms with E-state index in [0.717, 1.165) is 57.0 Å². The Bertz CT molecular complexity index is 397. The SMILES string of the molecule is CCCCCCCC1CCC(COC2CCC(C#N)(CCC)CC2)CC1. The third-order valence-electron chi connectivity index (χ3n) is 7.11. The van der Waals surface area contributed by atoms with Gasteiger partial charge in [0.2, 0.25) is 0 Å². The molecule has 2 heteroatoms. The van der Waals surface area contributed by atoms with Crippen molar-refractivity contribution >= 4 is 0 Å². The normalized spacial score (nSPS) is 32.3. The predicted molar refractivity (Wildman–Crippen MR) is 110 cm³/mol. The minimum atomic E-state index is -0.0379. The summed E-state index contributed by atoms with van der Waals surface area (Å²) in [5.41, 5.74) is -0.0379. The lowest BCUT2D eigenvalue weighted by molar-refractivity contribution is -0.0183. The summed E-state index contributed by atoms with van der Waals surface area (Å²) < 4.78 is 6.29. The third kappa shape index (κ3) is 7.22. The van der Waals surface area contributed by atoms with Crippen LogP contribution in [0.3, 0.4) is 0 Å². The van der Waals surface area contributed by atoms with Crippen LogP contribution in [0.5, 0.6) is 0 Å². The van der Waals surface area contributed by atoms with Crippen LogP contribution < -0.4 is 0 Å². The highest BCUT2D eigenvalue weighted by molar-refractivity contribution is 5.01. The van der Waals surface area contributed by atoms with Gasteiger partial charge in [0.05, 0.1) is 17.6 Å². The van der Waals surface area contributed by atoms with Crippen LogP contribution in [0.1, 0.15) is 117 Å². The first kappa shape index (κ1) is 21.7. The van der Waals surface area contributed by atoms with Crippen molar-refractivity contribution in [3.05, 3.63) is 0 Å². The maximum atomic E-state index is 9.53. The first-order valence-corrected chi connectivity index (χ1v) is 11.7. The van der Waals surface area contributed by atoms with Gasteiger partial charge in [-0.3, -0.25) is 0 Å². The Labute approximate surface area is 163 Å². The zero-order chi connectivity index (χ0) is 18.7. The number of nitriles is 1. The van der Waals surface area contributed by atoms with Crippen molar-refractivity contribution in [3.8, 4) is 6.07 Å². The van der Waals surface area contributed by atoms with Gasteiger partial charge in [-0.2, -0.15) is 5.26 Å². The average molecular weight is 362 g/mol. The molecule has 0 radical (unpaired) electrons. The lowest BCUT2D eigenvalue weighted by atomic mass is 9.71. The van der Waals surface area contributed by atoms with Gasteiger partial charge >= 0.3 is 0 Å². The Kier molecular flexibility index (Phi) is 10.1. The van der Waals surface area contributed by atoms with Crippen LogP contribution >= 0.6 is 0 Å². The van der Waals surface area contributed by atoms with Gasteiger partial charge in [0, 0.05) is 6.61 Å². The van der Waals surface area contributed by atoms with Crippen molar-refractivity contribution in [3.63, 3.8) is 0 Å². The molecule has 0 aliphatic heterocycles. The minimum absolute atomic E-state index is 0.0379. The summed E-state index contributed by atoms with van der Waals surface area (Å²) in [7, 11) is 0. The van der Waals surface area contributed by atoms with Gasteiger partial charge in [0.1, 0.15) is 0 Å².